The lowest BCUT2D eigenvalue weighted by molar-refractivity contribution is -0.122. The van der Waals surface area contributed by atoms with Crippen molar-refractivity contribution in [3.05, 3.63) is 22.4 Å². The number of aryl methyl sites for hydroxylation is 1. The van der Waals surface area contributed by atoms with Gasteiger partial charge in [-0.3, -0.25) is 4.79 Å². The molecule has 0 saturated heterocycles. The minimum atomic E-state index is -0.412. The van der Waals surface area contributed by atoms with Crippen molar-refractivity contribution in [1.82, 2.24) is 5.32 Å². The number of carbonyl (C=O) groups excluding carboxylic acids is 1. The second-order valence-electron chi connectivity index (χ2n) is 6.03. The van der Waals surface area contributed by atoms with Gasteiger partial charge in [0.25, 0.3) is 0 Å². The fourth-order valence-electron chi connectivity index (χ4n) is 2.11. The van der Waals surface area contributed by atoms with E-state index in [4.69, 9.17) is 0 Å². The predicted octanol–water partition coefficient (Wildman–Crippen LogP) is 2.84. The molecular weight excluding hydrogens is 258 g/mol. The largest absolute Gasteiger partial charge is 0.392 e. The number of rotatable bonds is 7. The summed E-state index contributed by atoms with van der Waals surface area (Å²) in [4.78, 5) is 13.0. The molecule has 1 rings (SSSR count). The molecule has 0 fully saturated rings. The number of hydrogen-bond acceptors (Lipinski definition) is 3. The third kappa shape index (κ3) is 5.33. The molecule has 1 amide bonds. The van der Waals surface area contributed by atoms with E-state index in [0.29, 0.717) is 13.0 Å². The summed E-state index contributed by atoms with van der Waals surface area (Å²) in [7, 11) is 0. The van der Waals surface area contributed by atoms with Gasteiger partial charge in [0.2, 0.25) is 5.91 Å². The van der Waals surface area contributed by atoms with Gasteiger partial charge in [0.15, 0.2) is 0 Å². The lowest BCUT2D eigenvalue weighted by Crippen LogP contribution is -2.43. The molecule has 1 atom stereocenters. The Morgan fingerprint density at radius 2 is 2.16 bits per heavy atom. The maximum absolute atomic E-state index is 11.8. The third-order valence-corrected chi connectivity index (χ3v) is 4.29. The van der Waals surface area contributed by atoms with E-state index in [1.165, 1.54) is 4.88 Å². The van der Waals surface area contributed by atoms with E-state index >= 15 is 0 Å². The van der Waals surface area contributed by atoms with E-state index in [9.17, 15) is 9.90 Å². The number of thiophene rings is 1. The summed E-state index contributed by atoms with van der Waals surface area (Å²) in [6, 6.07) is 4.05. The van der Waals surface area contributed by atoms with E-state index in [1.807, 2.05) is 45.2 Å². The van der Waals surface area contributed by atoms with Crippen molar-refractivity contribution >= 4 is 17.2 Å². The molecule has 0 aliphatic carbocycles. The van der Waals surface area contributed by atoms with Crippen molar-refractivity contribution < 1.29 is 9.90 Å². The van der Waals surface area contributed by atoms with Gasteiger partial charge in [-0.15, -0.1) is 11.3 Å². The fraction of sp³-hybridized carbons (Fsp3) is 0.667. The summed E-state index contributed by atoms with van der Waals surface area (Å²) in [6.07, 6.45) is 0.885. The van der Waals surface area contributed by atoms with Gasteiger partial charge in [0.1, 0.15) is 0 Å². The topological polar surface area (TPSA) is 49.3 Å². The van der Waals surface area contributed by atoms with Crippen LogP contribution in [0.2, 0.25) is 0 Å². The standard InChI is InChI=1S/C15H25NO2S/c1-11(2)14(18)15(3,4)10-16-13(17)8-7-12-6-5-9-19-12/h5-6,9,11,14,18H,7-8,10H2,1-4H3,(H,16,17). The molecule has 1 aromatic heterocycles. The Morgan fingerprint density at radius 1 is 1.47 bits per heavy atom. The van der Waals surface area contributed by atoms with Crippen molar-refractivity contribution in [2.45, 2.75) is 46.6 Å². The average Bonchev–Trinajstić information content (AvgIpc) is 2.86. The molecule has 4 heteroatoms. The maximum Gasteiger partial charge on any atom is 0.220 e. The molecule has 1 heterocycles. The highest BCUT2D eigenvalue weighted by molar-refractivity contribution is 7.09. The molecule has 2 N–H and O–H groups in total. The quantitative estimate of drug-likeness (QED) is 0.808. The first-order chi connectivity index (χ1) is 8.83. The summed E-state index contributed by atoms with van der Waals surface area (Å²) in [5.41, 5.74) is -0.299. The number of aliphatic hydroxyl groups excluding tert-OH is 1. The monoisotopic (exact) mass is 283 g/mol. The molecule has 0 spiro atoms. The lowest BCUT2D eigenvalue weighted by Gasteiger charge is -2.33. The van der Waals surface area contributed by atoms with Crippen LogP contribution in [0.25, 0.3) is 0 Å². The Morgan fingerprint density at radius 3 is 2.68 bits per heavy atom. The predicted molar refractivity (Wildman–Crippen MR) is 80.3 cm³/mol. The van der Waals surface area contributed by atoms with E-state index in [-0.39, 0.29) is 17.2 Å². The molecule has 108 valence electrons. The van der Waals surface area contributed by atoms with E-state index in [1.54, 1.807) is 11.3 Å². The van der Waals surface area contributed by atoms with Gasteiger partial charge in [0.05, 0.1) is 6.10 Å². The second-order valence-corrected chi connectivity index (χ2v) is 7.07. The van der Waals surface area contributed by atoms with Crippen molar-refractivity contribution in [3.8, 4) is 0 Å². The van der Waals surface area contributed by atoms with Crippen LogP contribution < -0.4 is 5.32 Å². The van der Waals surface area contributed by atoms with Crippen molar-refractivity contribution in [1.29, 1.82) is 0 Å². The van der Waals surface area contributed by atoms with Crippen molar-refractivity contribution in [2.24, 2.45) is 11.3 Å². The van der Waals surface area contributed by atoms with Crippen LogP contribution in [-0.4, -0.2) is 23.7 Å². The second kappa shape index (κ2) is 7.06. The number of nitrogens with one attached hydrogen (secondary N) is 1. The normalized spacial score (nSPS) is 13.6. The molecule has 0 bridgehead atoms. The van der Waals surface area contributed by atoms with Crippen LogP contribution >= 0.6 is 11.3 Å². The fourth-order valence-corrected chi connectivity index (χ4v) is 2.82. The van der Waals surface area contributed by atoms with Crippen LogP contribution in [0.4, 0.5) is 0 Å². The smallest absolute Gasteiger partial charge is 0.220 e. The summed E-state index contributed by atoms with van der Waals surface area (Å²) in [5.74, 6) is 0.246. The van der Waals surface area contributed by atoms with Crippen LogP contribution in [0.3, 0.4) is 0 Å². The minimum Gasteiger partial charge on any atom is -0.392 e. The molecule has 3 nitrogen and oxygen atoms in total. The Labute approximate surface area is 120 Å². The van der Waals surface area contributed by atoms with Gasteiger partial charge in [0, 0.05) is 23.3 Å². The van der Waals surface area contributed by atoms with E-state index in [2.05, 4.69) is 5.32 Å². The summed E-state index contributed by atoms with van der Waals surface area (Å²) in [6.45, 7) is 8.46. The number of hydrogen-bond donors (Lipinski definition) is 2. The zero-order valence-corrected chi connectivity index (χ0v) is 13.1. The SMILES string of the molecule is CC(C)C(O)C(C)(C)CNC(=O)CCc1cccs1. The van der Waals surface area contributed by atoms with Crippen LogP contribution in [-0.2, 0) is 11.2 Å². The Kier molecular flexibility index (Phi) is 6.01. The van der Waals surface area contributed by atoms with Gasteiger partial charge in [-0.1, -0.05) is 33.8 Å². The van der Waals surface area contributed by atoms with Gasteiger partial charge < -0.3 is 10.4 Å². The zero-order valence-electron chi connectivity index (χ0n) is 12.3. The molecular formula is C15H25NO2S. The number of aliphatic hydroxyl groups is 1. The van der Waals surface area contributed by atoms with Crippen LogP contribution in [0.1, 0.15) is 39.0 Å². The molecule has 19 heavy (non-hydrogen) atoms. The Bertz CT molecular complexity index is 385. The molecule has 1 unspecified atom stereocenters. The van der Waals surface area contributed by atoms with Gasteiger partial charge in [-0.05, 0) is 23.8 Å². The van der Waals surface area contributed by atoms with E-state index < -0.39 is 6.10 Å². The number of amides is 1. The highest BCUT2D eigenvalue weighted by atomic mass is 32.1. The maximum atomic E-state index is 11.8. The first-order valence-electron chi connectivity index (χ1n) is 6.80. The zero-order chi connectivity index (χ0) is 14.5. The number of carbonyl (C=O) groups is 1. The first kappa shape index (κ1) is 16.2. The molecule has 0 aliphatic rings. The minimum absolute atomic E-state index is 0.0532. The third-order valence-electron chi connectivity index (χ3n) is 3.35. The van der Waals surface area contributed by atoms with Crippen LogP contribution in [0.15, 0.2) is 17.5 Å². The molecule has 0 saturated carbocycles. The van der Waals surface area contributed by atoms with Crippen LogP contribution in [0, 0.1) is 11.3 Å². The molecule has 0 radical (unpaired) electrons. The van der Waals surface area contributed by atoms with Crippen LogP contribution in [0.5, 0.6) is 0 Å². The summed E-state index contributed by atoms with van der Waals surface area (Å²) in [5, 5.41) is 15.0. The van der Waals surface area contributed by atoms with Crippen molar-refractivity contribution in [3.63, 3.8) is 0 Å². The Hall–Kier alpha value is -0.870. The lowest BCUT2D eigenvalue weighted by atomic mass is 9.80. The van der Waals surface area contributed by atoms with Gasteiger partial charge in [-0.25, -0.2) is 0 Å². The molecule has 0 aromatic carbocycles. The Balaban J connectivity index is 2.33. The van der Waals surface area contributed by atoms with E-state index in [0.717, 1.165) is 6.42 Å². The molecule has 0 aliphatic heterocycles. The average molecular weight is 283 g/mol. The summed E-state index contributed by atoms with van der Waals surface area (Å²) >= 11 is 1.68. The van der Waals surface area contributed by atoms with Gasteiger partial charge in [-0.2, -0.15) is 0 Å². The first-order valence-corrected chi connectivity index (χ1v) is 7.68. The summed E-state index contributed by atoms with van der Waals surface area (Å²) < 4.78 is 0. The van der Waals surface area contributed by atoms with Gasteiger partial charge >= 0.3 is 0 Å². The van der Waals surface area contributed by atoms with Crippen molar-refractivity contribution in [2.75, 3.05) is 6.54 Å². The molecule has 1 aromatic rings. The highest BCUT2D eigenvalue weighted by Gasteiger charge is 2.30. The highest BCUT2D eigenvalue weighted by Crippen LogP contribution is 2.25.